The fourth-order valence-electron chi connectivity index (χ4n) is 2.03. The molecule has 0 spiro atoms. The summed E-state index contributed by atoms with van der Waals surface area (Å²) in [6.07, 6.45) is 0. The van der Waals surface area contributed by atoms with Gasteiger partial charge in [0.15, 0.2) is 6.61 Å². The van der Waals surface area contributed by atoms with Crippen LogP contribution >= 0.6 is 11.6 Å². The van der Waals surface area contributed by atoms with E-state index in [2.05, 4.69) is 0 Å². The maximum Gasteiger partial charge on any atom is 0.272 e. The summed E-state index contributed by atoms with van der Waals surface area (Å²) >= 11 is 5.55. The molecule has 9 heteroatoms. The number of hydrogen-bond acceptors (Lipinski definition) is 4. The lowest BCUT2D eigenvalue weighted by Crippen LogP contribution is -2.43. The SMILES string of the molecule is Cc1cc(C)cc(OCC(=O)NNS(=O)(=O)c2ccc(F)c(Cl)c2)c1. The number of hydrazine groups is 1. The largest absolute Gasteiger partial charge is 0.484 e. The van der Waals surface area contributed by atoms with E-state index in [1.165, 1.54) is 0 Å². The zero-order valence-corrected chi connectivity index (χ0v) is 15.0. The first kappa shape index (κ1) is 19.2. The van der Waals surface area contributed by atoms with Crippen LogP contribution in [0.4, 0.5) is 4.39 Å². The molecular formula is C16H16ClFN2O4S. The van der Waals surface area contributed by atoms with Crippen molar-refractivity contribution in [2.24, 2.45) is 0 Å². The van der Waals surface area contributed by atoms with Gasteiger partial charge in [-0.2, -0.15) is 0 Å². The second kappa shape index (κ2) is 7.81. The number of amides is 1. The summed E-state index contributed by atoms with van der Waals surface area (Å²) in [5.74, 6) is -0.941. The predicted molar refractivity (Wildman–Crippen MR) is 91.3 cm³/mol. The maximum atomic E-state index is 13.1. The fourth-order valence-corrected chi connectivity index (χ4v) is 3.16. The minimum absolute atomic E-state index is 0.283. The van der Waals surface area contributed by atoms with Crippen molar-refractivity contribution in [2.75, 3.05) is 6.61 Å². The van der Waals surface area contributed by atoms with Crippen LogP contribution in [0.3, 0.4) is 0 Å². The molecule has 0 aliphatic rings. The highest BCUT2D eigenvalue weighted by atomic mass is 35.5. The molecule has 0 fully saturated rings. The van der Waals surface area contributed by atoms with Crippen LogP contribution in [0, 0.1) is 19.7 Å². The number of benzene rings is 2. The van der Waals surface area contributed by atoms with Gasteiger partial charge in [0.05, 0.1) is 9.92 Å². The van der Waals surface area contributed by atoms with Crippen LogP contribution < -0.4 is 15.0 Å². The minimum Gasteiger partial charge on any atom is -0.484 e. The summed E-state index contributed by atoms with van der Waals surface area (Å²) in [5.41, 5.74) is 3.97. The Kier molecular flexibility index (Phi) is 5.99. The lowest BCUT2D eigenvalue weighted by molar-refractivity contribution is -0.123. The van der Waals surface area contributed by atoms with Crippen LogP contribution in [0.25, 0.3) is 0 Å². The smallest absolute Gasteiger partial charge is 0.272 e. The van der Waals surface area contributed by atoms with Gasteiger partial charge in [-0.15, -0.1) is 4.83 Å². The minimum atomic E-state index is -4.08. The number of rotatable bonds is 6. The monoisotopic (exact) mass is 386 g/mol. The molecule has 0 radical (unpaired) electrons. The molecule has 0 unspecified atom stereocenters. The van der Waals surface area contributed by atoms with Gasteiger partial charge in [0, 0.05) is 0 Å². The van der Waals surface area contributed by atoms with Crippen molar-refractivity contribution >= 4 is 27.5 Å². The molecule has 0 bridgehead atoms. The second-order valence-electron chi connectivity index (χ2n) is 5.34. The van der Waals surface area contributed by atoms with Crippen molar-refractivity contribution in [3.8, 4) is 5.75 Å². The Labute approximate surface area is 150 Å². The number of ether oxygens (including phenoxy) is 1. The fraction of sp³-hybridized carbons (Fsp3) is 0.188. The third-order valence-corrected chi connectivity index (χ3v) is 4.63. The standard InChI is InChI=1S/C16H16ClFN2O4S/c1-10-5-11(2)7-12(6-10)24-9-16(21)19-20-25(22,23)13-3-4-15(18)14(17)8-13/h3-8,20H,9H2,1-2H3,(H,19,21). The van der Waals surface area contributed by atoms with Gasteiger partial charge in [0.1, 0.15) is 11.6 Å². The Morgan fingerprint density at radius 3 is 2.40 bits per heavy atom. The average Bonchev–Trinajstić information content (AvgIpc) is 2.52. The third kappa shape index (κ3) is 5.42. The van der Waals surface area contributed by atoms with Crippen LogP contribution in [-0.2, 0) is 14.8 Å². The number of carbonyl (C=O) groups excluding carboxylic acids is 1. The van der Waals surface area contributed by atoms with E-state index in [9.17, 15) is 17.6 Å². The van der Waals surface area contributed by atoms with Gasteiger partial charge in [-0.3, -0.25) is 10.2 Å². The molecule has 0 aromatic heterocycles. The number of hydrogen-bond donors (Lipinski definition) is 2. The van der Waals surface area contributed by atoms with E-state index in [0.29, 0.717) is 5.75 Å². The van der Waals surface area contributed by atoms with Gasteiger partial charge in [-0.05, 0) is 55.3 Å². The molecule has 2 rings (SSSR count). The Bertz CT molecular complexity index is 883. The van der Waals surface area contributed by atoms with E-state index >= 15 is 0 Å². The van der Waals surface area contributed by atoms with Crippen LogP contribution in [0.15, 0.2) is 41.3 Å². The van der Waals surface area contributed by atoms with Crippen LogP contribution in [0.2, 0.25) is 5.02 Å². The zero-order chi connectivity index (χ0) is 18.6. The molecule has 0 atom stereocenters. The van der Waals surface area contributed by atoms with Crippen LogP contribution in [0.5, 0.6) is 5.75 Å². The lowest BCUT2D eigenvalue weighted by atomic mass is 10.1. The van der Waals surface area contributed by atoms with Crippen molar-refractivity contribution in [1.29, 1.82) is 0 Å². The number of sulfonamides is 1. The van der Waals surface area contributed by atoms with Crippen molar-refractivity contribution in [1.82, 2.24) is 10.3 Å². The highest BCUT2D eigenvalue weighted by molar-refractivity contribution is 7.89. The maximum absolute atomic E-state index is 13.1. The zero-order valence-electron chi connectivity index (χ0n) is 13.5. The van der Waals surface area contributed by atoms with Crippen molar-refractivity contribution in [3.05, 3.63) is 58.4 Å². The summed E-state index contributed by atoms with van der Waals surface area (Å²) in [6.45, 7) is 3.40. The Hall–Kier alpha value is -2.16. The van der Waals surface area contributed by atoms with Gasteiger partial charge in [-0.25, -0.2) is 12.8 Å². The molecule has 2 N–H and O–H groups in total. The second-order valence-corrected chi connectivity index (χ2v) is 7.43. The molecular weight excluding hydrogens is 371 g/mol. The first-order valence-corrected chi connectivity index (χ1v) is 9.00. The molecule has 0 saturated heterocycles. The summed E-state index contributed by atoms with van der Waals surface area (Å²) < 4.78 is 42.4. The Morgan fingerprint density at radius 1 is 1.16 bits per heavy atom. The van der Waals surface area contributed by atoms with Crippen molar-refractivity contribution in [3.63, 3.8) is 0 Å². The number of halogens is 2. The average molecular weight is 387 g/mol. The summed E-state index contributed by atoms with van der Waals surface area (Å²) in [4.78, 5) is 13.3. The first-order chi connectivity index (χ1) is 11.7. The van der Waals surface area contributed by atoms with E-state index in [4.69, 9.17) is 16.3 Å². The van der Waals surface area contributed by atoms with E-state index in [1.54, 1.807) is 12.1 Å². The predicted octanol–water partition coefficient (Wildman–Crippen LogP) is 2.48. The Balaban J connectivity index is 1.93. The van der Waals surface area contributed by atoms with Gasteiger partial charge in [0.2, 0.25) is 0 Å². The summed E-state index contributed by atoms with van der Waals surface area (Å²) in [5, 5.41) is -0.340. The number of nitrogens with one attached hydrogen (secondary N) is 2. The van der Waals surface area contributed by atoms with Crippen molar-refractivity contribution < 1.29 is 22.3 Å². The van der Waals surface area contributed by atoms with Crippen LogP contribution in [-0.4, -0.2) is 20.9 Å². The quantitative estimate of drug-likeness (QED) is 0.747. The lowest BCUT2D eigenvalue weighted by Gasteiger charge is -2.10. The third-order valence-electron chi connectivity index (χ3n) is 3.09. The van der Waals surface area contributed by atoms with Crippen molar-refractivity contribution in [2.45, 2.75) is 18.7 Å². The van der Waals surface area contributed by atoms with E-state index in [-0.39, 0.29) is 16.5 Å². The van der Waals surface area contributed by atoms with E-state index in [0.717, 1.165) is 29.3 Å². The molecule has 2 aromatic carbocycles. The molecule has 134 valence electrons. The highest BCUT2D eigenvalue weighted by Gasteiger charge is 2.17. The molecule has 25 heavy (non-hydrogen) atoms. The molecule has 0 heterocycles. The Morgan fingerprint density at radius 2 is 1.80 bits per heavy atom. The number of carbonyl (C=O) groups is 1. The number of aryl methyl sites for hydroxylation is 2. The van der Waals surface area contributed by atoms with Gasteiger partial charge in [0.25, 0.3) is 15.9 Å². The first-order valence-electron chi connectivity index (χ1n) is 7.14. The van der Waals surface area contributed by atoms with E-state index < -0.39 is 21.7 Å². The van der Waals surface area contributed by atoms with Gasteiger partial charge in [-0.1, -0.05) is 17.7 Å². The molecule has 2 aromatic rings. The molecule has 0 aliphatic carbocycles. The van der Waals surface area contributed by atoms with E-state index in [1.807, 2.05) is 30.2 Å². The van der Waals surface area contributed by atoms with Gasteiger partial charge < -0.3 is 4.74 Å². The summed E-state index contributed by atoms with van der Waals surface area (Å²) in [7, 11) is -4.08. The summed E-state index contributed by atoms with van der Waals surface area (Å²) in [6, 6.07) is 8.35. The van der Waals surface area contributed by atoms with Crippen LogP contribution in [0.1, 0.15) is 11.1 Å². The molecule has 6 nitrogen and oxygen atoms in total. The molecule has 1 amide bonds. The normalized spacial score (nSPS) is 11.2. The van der Waals surface area contributed by atoms with Gasteiger partial charge >= 0.3 is 0 Å². The topological polar surface area (TPSA) is 84.5 Å². The highest BCUT2D eigenvalue weighted by Crippen LogP contribution is 2.19. The molecule has 0 aliphatic heterocycles. The molecule has 0 saturated carbocycles.